The van der Waals surface area contributed by atoms with Crippen LogP contribution in [0.2, 0.25) is 5.02 Å². The lowest BCUT2D eigenvalue weighted by Crippen LogP contribution is -2.33. The van der Waals surface area contributed by atoms with E-state index in [1.807, 2.05) is 26.0 Å². The van der Waals surface area contributed by atoms with Crippen LogP contribution in [0.15, 0.2) is 53.6 Å². The first kappa shape index (κ1) is 19.5. The van der Waals surface area contributed by atoms with E-state index in [0.717, 1.165) is 5.56 Å². The highest BCUT2D eigenvalue weighted by Gasteiger charge is 2.37. The molecule has 0 saturated heterocycles. The molecule has 0 atom stereocenters. The summed E-state index contributed by atoms with van der Waals surface area (Å²) in [5.41, 5.74) is 1.82. The zero-order valence-electron chi connectivity index (χ0n) is 15.0. The van der Waals surface area contributed by atoms with Crippen molar-refractivity contribution in [3.05, 3.63) is 69.7 Å². The molecule has 2 aromatic rings. The molecule has 140 valence electrons. The summed E-state index contributed by atoms with van der Waals surface area (Å²) < 4.78 is 5.60. The first-order valence-corrected chi connectivity index (χ1v) is 9.40. The van der Waals surface area contributed by atoms with Crippen LogP contribution in [0.1, 0.15) is 25.0 Å². The average molecular weight is 404 g/mol. The van der Waals surface area contributed by atoms with Crippen LogP contribution >= 0.6 is 23.2 Å². The van der Waals surface area contributed by atoms with Gasteiger partial charge in [0.25, 0.3) is 11.8 Å². The maximum atomic E-state index is 12.8. The number of ether oxygens (including phenoxy) is 1. The quantitative estimate of drug-likeness (QED) is 0.657. The molecular weight excluding hydrogens is 385 g/mol. The molecule has 1 aliphatic rings. The zero-order chi connectivity index (χ0) is 19.6. The summed E-state index contributed by atoms with van der Waals surface area (Å²) in [7, 11) is 0. The lowest BCUT2D eigenvalue weighted by atomic mass is 10.1. The Morgan fingerprint density at radius 2 is 1.56 bits per heavy atom. The van der Waals surface area contributed by atoms with Crippen molar-refractivity contribution in [2.24, 2.45) is 0 Å². The van der Waals surface area contributed by atoms with Gasteiger partial charge >= 0.3 is 0 Å². The summed E-state index contributed by atoms with van der Waals surface area (Å²) in [5.74, 6) is -0.147. The Hall–Kier alpha value is -2.30. The monoisotopic (exact) mass is 403 g/mol. The molecule has 0 unspecified atom stereocenters. The summed E-state index contributed by atoms with van der Waals surface area (Å²) in [6.07, 6.45) is 0.587. The van der Waals surface area contributed by atoms with E-state index in [9.17, 15) is 9.59 Å². The summed E-state index contributed by atoms with van der Waals surface area (Å²) in [5, 5.41) is 0.595. The van der Waals surface area contributed by atoms with Gasteiger partial charge in [-0.25, -0.2) is 0 Å². The number of imide groups is 1. The Kier molecular flexibility index (Phi) is 5.88. The lowest BCUT2D eigenvalue weighted by molar-refractivity contribution is -0.136. The third kappa shape index (κ3) is 4.34. The molecule has 0 aliphatic carbocycles. The van der Waals surface area contributed by atoms with Crippen molar-refractivity contribution in [3.8, 4) is 5.75 Å². The minimum atomic E-state index is -0.465. The molecule has 2 amide bonds. The highest BCUT2D eigenvalue weighted by Crippen LogP contribution is 2.32. The lowest BCUT2D eigenvalue weighted by Gasteiger charge is -2.15. The summed E-state index contributed by atoms with van der Waals surface area (Å²) in [4.78, 5) is 26.4. The Labute approximate surface area is 168 Å². The smallest absolute Gasteiger partial charge is 0.273 e. The van der Waals surface area contributed by atoms with Crippen LogP contribution < -0.4 is 4.74 Å². The fourth-order valence-electron chi connectivity index (χ4n) is 2.86. The second-order valence-electron chi connectivity index (χ2n) is 6.52. The number of nitrogens with zero attached hydrogens (tertiary/aromatic N) is 1. The molecule has 6 heteroatoms. The van der Waals surface area contributed by atoms with Gasteiger partial charge in [0.2, 0.25) is 0 Å². The number of benzene rings is 2. The minimum Gasteiger partial charge on any atom is -0.491 e. The van der Waals surface area contributed by atoms with Crippen LogP contribution in [-0.2, 0) is 16.0 Å². The van der Waals surface area contributed by atoms with Crippen LogP contribution in [0.4, 0.5) is 0 Å². The number of hydrogen-bond acceptors (Lipinski definition) is 3. The first-order valence-electron chi connectivity index (χ1n) is 8.64. The molecule has 1 aliphatic heterocycles. The highest BCUT2D eigenvalue weighted by atomic mass is 35.5. The van der Waals surface area contributed by atoms with Gasteiger partial charge in [0.15, 0.2) is 0 Å². The molecule has 0 spiro atoms. The van der Waals surface area contributed by atoms with E-state index in [4.69, 9.17) is 27.9 Å². The molecule has 0 aromatic heterocycles. The Balaban J connectivity index is 1.74. The van der Waals surface area contributed by atoms with Crippen molar-refractivity contribution in [2.75, 3.05) is 6.54 Å². The number of carbonyl (C=O) groups excluding carboxylic acids is 2. The van der Waals surface area contributed by atoms with Crippen LogP contribution in [0.25, 0.3) is 5.57 Å². The van der Waals surface area contributed by atoms with Crippen LogP contribution in [0.3, 0.4) is 0 Å². The van der Waals surface area contributed by atoms with Gasteiger partial charge < -0.3 is 4.74 Å². The summed E-state index contributed by atoms with van der Waals surface area (Å²) in [6, 6.07) is 14.3. The minimum absolute atomic E-state index is 0.0476. The molecule has 27 heavy (non-hydrogen) atoms. The highest BCUT2D eigenvalue weighted by molar-refractivity contribution is 6.55. The van der Waals surface area contributed by atoms with E-state index in [1.54, 1.807) is 36.4 Å². The summed E-state index contributed by atoms with van der Waals surface area (Å²) >= 11 is 12.1. The van der Waals surface area contributed by atoms with Crippen LogP contribution in [0.5, 0.6) is 5.75 Å². The molecule has 0 radical (unpaired) electrons. The third-order valence-electron chi connectivity index (χ3n) is 4.16. The van der Waals surface area contributed by atoms with Crippen molar-refractivity contribution in [1.82, 2.24) is 4.90 Å². The van der Waals surface area contributed by atoms with E-state index < -0.39 is 5.91 Å². The van der Waals surface area contributed by atoms with Gasteiger partial charge in [-0.15, -0.1) is 0 Å². The van der Waals surface area contributed by atoms with E-state index in [-0.39, 0.29) is 29.2 Å². The maximum Gasteiger partial charge on any atom is 0.273 e. The Morgan fingerprint density at radius 3 is 2.15 bits per heavy atom. The number of carbonyl (C=O) groups is 2. The van der Waals surface area contributed by atoms with Gasteiger partial charge in [0, 0.05) is 11.6 Å². The number of halogens is 2. The zero-order valence-corrected chi connectivity index (χ0v) is 16.6. The molecule has 2 aromatic carbocycles. The fourth-order valence-corrected chi connectivity index (χ4v) is 3.28. The molecule has 0 bridgehead atoms. The Bertz CT molecular complexity index is 887. The number of hydrogen-bond donors (Lipinski definition) is 0. The molecular formula is C21H19Cl2NO3. The second-order valence-corrected chi connectivity index (χ2v) is 7.33. The van der Waals surface area contributed by atoms with E-state index in [0.29, 0.717) is 22.8 Å². The van der Waals surface area contributed by atoms with Gasteiger partial charge in [0.1, 0.15) is 10.8 Å². The number of amides is 2. The first-order chi connectivity index (χ1) is 12.9. The van der Waals surface area contributed by atoms with Crippen molar-refractivity contribution in [3.63, 3.8) is 0 Å². The van der Waals surface area contributed by atoms with Crippen molar-refractivity contribution >= 4 is 40.6 Å². The SMILES string of the molecule is CC(C)Oc1ccc(C2=C(Cl)C(=O)N(CCc3ccc(Cl)cc3)C2=O)cc1. The van der Waals surface area contributed by atoms with Crippen LogP contribution in [0, 0.1) is 0 Å². The Morgan fingerprint density at radius 1 is 0.926 bits per heavy atom. The third-order valence-corrected chi connectivity index (χ3v) is 4.77. The molecule has 4 nitrogen and oxygen atoms in total. The predicted octanol–water partition coefficient (Wildman–Crippen LogP) is 4.69. The van der Waals surface area contributed by atoms with Gasteiger partial charge in [-0.1, -0.05) is 47.5 Å². The average Bonchev–Trinajstić information content (AvgIpc) is 2.84. The topological polar surface area (TPSA) is 46.6 Å². The van der Waals surface area contributed by atoms with Gasteiger partial charge in [-0.3, -0.25) is 14.5 Å². The largest absolute Gasteiger partial charge is 0.491 e. The maximum absolute atomic E-state index is 12.8. The van der Waals surface area contributed by atoms with E-state index >= 15 is 0 Å². The van der Waals surface area contributed by atoms with Gasteiger partial charge in [-0.05, 0) is 55.7 Å². The predicted molar refractivity (Wildman–Crippen MR) is 107 cm³/mol. The van der Waals surface area contributed by atoms with Crippen molar-refractivity contribution in [1.29, 1.82) is 0 Å². The fraction of sp³-hybridized carbons (Fsp3) is 0.238. The molecule has 1 heterocycles. The second kappa shape index (κ2) is 8.15. The van der Waals surface area contributed by atoms with Gasteiger partial charge in [0.05, 0.1) is 11.7 Å². The normalized spacial score (nSPS) is 14.5. The van der Waals surface area contributed by atoms with E-state index in [1.165, 1.54) is 4.90 Å². The summed E-state index contributed by atoms with van der Waals surface area (Å²) in [6.45, 7) is 4.13. The molecule has 3 rings (SSSR count). The van der Waals surface area contributed by atoms with E-state index in [2.05, 4.69) is 0 Å². The molecule has 0 N–H and O–H groups in total. The number of rotatable bonds is 6. The van der Waals surface area contributed by atoms with Crippen molar-refractivity contribution in [2.45, 2.75) is 26.4 Å². The van der Waals surface area contributed by atoms with Crippen molar-refractivity contribution < 1.29 is 14.3 Å². The molecule has 0 saturated carbocycles. The van der Waals surface area contributed by atoms with Gasteiger partial charge in [-0.2, -0.15) is 0 Å². The standard InChI is InChI=1S/C21H19Cl2NO3/c1-13(2)27-17-9-5-15(6-10-17)18-19(23)21(26)24(20(18)25)12-11-14-3-7-16(22)8-4-14/h3-10,13H,11-12H2,1-2H3. The molecule has 0 fully saturated rings. The van der Waals surface area contributed by atoms with Crippen LogP contribution in [-0.4, -0.2) is 29.4 Å².